The van der Waals surface area contributed by atoms with E-state index in [0.29, 0.717) is 6.61 Å². The summed E-state index contributed by atoms with van der Waals surface area (Å²) in [7, 11) is 1.55. The predicted octanol–water partition coefficient (Wildman–Crippen LogP) is 1.77. The van der Waals surface area contributed by atoms with Gasteiger partial charge in [-0.2, -0.15) is 4.98 Å². The van der Waals surface area contributed by atoms with Gasteiger partial charge in [-0.15, -0.1) is 6.58 Å². The quantitative estimate of drug-likeness (QED) is 0.337. The Bertz CT molecular complexity index is 409. The molecule has 1 aromatic heterocycles. The van der Waals surface area contributed by atoms with Crippen LogP contribution in [-0.2, 0) is 0 Å². The van der Waals surface area contributed by atoms with Gasteiger partial charge in [0.25, 0.3) is 5.88 Å². The maximum absolute atomic E-state index is 10.9. The Hall–Kier alpha value is -2.18. The highest BCUT2D eigenvalue weighted by Crippen LogP contribution is 2.30. The van der Waals surface area contributed by atoms with Crippen LogP contribution in [0.2, 0.25) is 0 Å². The standard InChI is InChI=1S/C10H14N4O3/c1-3-4-5-6-17-10-8(14(15)16)9(11-2)12-7-13-10/h3,7H,1,4-6H2,2H3,(H,11,12,13). The molecule has 17 heavy (non-hydrogen) atoms. The molecular formula is C10H14N4O3. The monoisotopic (exact) mass is 238 g/mol. The van der Waals surface area contributed by atoms with E-state index in [1.165, 1.54) is 6.33 Å². The van der Waals surface area contributed by atoms with Gasteiger partial charge >= 0.3 is 5.69 Å². The molecule has 1 N–H and O–H groups in total. The fourth-order valence-electron chi connectivity index (χ4n) is 1.21. The average Bonchev–Trinajstić information content (AvgIpc) is 2.33. The zero-order chi connectivity index (χ0) is 12.7. The lowest BCUT2D eigenvalue weighted by molar-refractivity contribution is -0.385. The van der Waals surface area contributed by atoms with Gasteiger partial charge in [0.05, 0.1) is 11.5 Å². The van der Waals surface area contributed by atoms with E-state index in [4.69, 9.17) is 4.74 Å². The Kier molecular flexibility index (Phi) is 4.86. The Morgan fingerprint density at radius 2 is 2.41 bits per heavy atom. The molecule has 0 fully saturated rings. The Morgan fingerprint density at radius 1 is 1.65 bits per heavy atom. The number of anilines is 1. The van der Waals surface area contributed by atoms with Crippen LogP contribution in [0.15, 0.2) is 19.0 Å². The fraction of sp³-hybridized carbons (Fsp3) is 0.400. The van der Waals surface area contributed by atoms with E-state index in [1.807, 2.05) is 0 Å². The van der Waals surface area contributed by atoms with Crippen LogP contribution in [0.3, 0.4) is 0 Å². The molecule has 0 saturated heterocycles. The van der Waals surface area contributed by atoms with Crippen LogP contribution < -0.4 is 10.1 Å². The number of allylic oxidation sites excluding steroid dienone is 1. The predicted molar refractivity (Wildman–Crippen MR) is 63.2 cm³/mol. The van der Waals surface area contributed by atoms with Crippen LogP contribution >= 0.6 is 0 Å². The summed E-state index contributed by atoms with van der Waals surface area (Å²) >= 11 is 0. The molecule has 0 radical (unpaired) electrons. The second kappa shape index (κ2) is 6.41. The molecule has 0 atom stereocenters. The first-order valence-electron chi connectivity index (χ1n) is 5.11. The maximum Gasteiger partial charge on any atom is 0.372 e. The molecule has 1 heterocycles. The molecule has 0 aliphatic carbocycles. The Morgan fingerprint density at radius 3 is 3.00 bits per heavy atom. The molecule has 7 heteroatoms. The summed E-state index contributed by atoms with van der Waals surface area (Å²) in [6, 6.07) is 0. The average molecular weight is 238 g/mol. The third kappa shape index (κ3) is 3.40. The van der Waals surface area contributed by atoms with Gasteiger partial charge in [0, 0.05) is 7.05 Å². The SMILES string of the molecule is C=CCCCOc1ncnc(NC)c1[N+](=O)[O-]. The lowest BCUT2D eigenvalue weighted by Crippen LogP contribution is -2.06. The number of aromatic nitrogens is 2. The molecule has 0 aromatic carbocycles. The minimum Gasteiger partial charge on any atom is -0.473 e. The van der Waals surface area contributed by atoms with Crippen molar-refractivity contribution < 1.29 is 9.66 Å². The van der Waals surface area contributed by atoms with Gasteiger partial charge in [-0.25, -0.2) is 4.98 Å². The van der Waals surface area contributed by atoms with Crippen molar-refractivity contribution in [3.05, 3.63) is 29.1 Å². The third-order valence-electron chi connectivity index (χ3n) is 2.00. The molecule has 7 nitrogen and oxygen atoms in total. The summed E-state index contributed by atoms with van der Waals surface area (Å²) in [5, 5.41) is 13.5. The molecule has 0 spiro atoms. The number of hydrogen-bond acceptors (Lipinski definition) is 6. The van der Waals surface area contributed by atoms with Crippen LogP contribution in [0.5, 0.6) is 5.88 Å². The van der Waals surface area contributed by atoms with Crippen LogP contribution in [0.1, 0.15) is 12.8 Å². The zero-order valence-corrected chi connectivity index (χ0v) is 9.55. The van der Waals surface area contributed by atoms with Crippen molar-refractivity contribution in [1.82, 2.24) is 9.97 Å². The smallest absolute Gasteiger partial charge is 0.372 e. The molecule has 1 rings (SSSR count). The van der Waals surface area contributed by atoms with Crippen molar-refractivity contribution in [2.75, 3.05) is 19.0 Å². The first-order chi connectivity index (χ1) is 8.20. The van der Waals surface area contributed by atoms with Crippen molar-refractivity contribution in [2.24, 2.45) is 0 Å². The van der Waals surface area contributed by atoms with Crippen molar-refractivity contribution >= 4 is 11.5 Å². The number of nitrogens with zero attached hydrogens (tertiary/aromatic N) is 3. The number of rotatable bonds is 7. The molecule has 0 amide bonds. The van der Waals surface area contributed by atoms with Crippen molar-refractivity contribution in [3.8, 4) is 5.88 Å². The molecule has 0 unspecified atom stereocenters. The number of unbranched alkanes of at least 4 members (excludes halogenated alkanes) is 1. The van der Waals surface area contributed by atoms with E-state index in [2.05, 4.69) is 21.9 Å². The summed E-state index contributed by atoms with van der Waals surface area (Å²) in [6.45, 7) is 3.93. The van der Waals surface area contributed by atoms with Gasteiger partial charge in [-0.3, -0.25) is 10.1 Å². The number of ether oxygens (including phenoxy) is 1. The zero-order valence-electron chi connectivity index (χ0n) is 9.55. The van der Waals surface area contributed by atoms with Crippen LogP contribution in [0.4, 0.5) is 11.5 Å². The number of nitro groups is 1. The van der Waals surface area contributed by atoms with Crippen molar-refractivity contribution in [2.45, 2.75) is 12.8 Å². The third-order valence-corrected chi connectivity index (χ3v) is 2.00. The summed E-state index contributed by atoms with van der Waals surface area (Å²) in [4.78, 5) is 17.8. The highest BCUT2D eigenvalue weighted by atomic mass is 16.6. The van der Waals surface area contributed by atoms with Crippen molar-refractivity contribution in [1.29, 1.82) is 0 Å². The number of hydrogen-bond donors (Lipinski definition) is 1. The van der Waals surface area contributed by atoms with Gasteiger partial charge in [0.1, 0.15) is 6.33 Å². The lowest BCUT2D eigenvalue weighted by atomic mass is 10.3. The molecule has 0 bridgehead atoms. The molecule has 1 aromatic rings. The van der Waals surface area contributed by atoms with E-state index >= 15 is 0 Å². The normalized spacial score (nSPS) is 9.71. The second-order valence-electron chi connectivity index (χ2n) is 3.16. The first kappa shape index (κ1) is 12.9. The number of nitrogens with one attached hydrogen (secondary N) is 1. The molecule has 0 aliphatic rings. The molecule has 92 valence electrons. The molecule has 0 saturated carbocycles. The van der Waals surface area contributed by atoms with Gasteiger partial charge in [0.2, 0.25) is 5.82 Å². The summed E-state index contributed by atoms with van der Waals surface area (Å²) in [6.07, 6.45) is 4.51. The van der Waals surface area contributed by atoms with Gasteiger partial charge < -0.3 is 10.1 Å². The van der Waals surface area contributed by atoms with E-state index in [-0.39, 0.29) is 17.4 Å². The largest absolute Gasteiger partial charge is 0.473 e. The fourth-order valence-corrected chi connectivity index (χ4v) is 1.21. The van der Waals surface area contributed by atoms with Crippen LogP contribution in [0, 0.1) is 10.1 Å². The first-order valence-corrected chi connectivity index (χ1v) is 5.11. The van der Waals surface area contributed by atoms with Crippen LogP contribution in [-0.4, -0.2) is 28.5 Å². The minimum absolute atomic E-state index is 0.0154. The van der Waals surface area contributed by atoms with Gasteiger partial charge in [0.15, 0.2) is 0 Å². The van der Waals surface area contributed by atoms with Crippen LogP contribution in [0.25, 0.3) is 0 Å². The summed E-state index contributed by atoms with van der Waals surface area (Å²) in [5.74, 6) is 0.127. The summed E-state index contributed by atoms with van der Waals surface area (Å²) in [5.41, 5.74) is -0.242. The minimum atomic E-state index is -0.561. The van der Waals surface area contributed by atoms with Gasteiger partial charge in [-0.1, -0.05) is 6.08 Å². The van der Waals surface area contributed by atoms with Gasteiger partial charge in [-0.05, 0) is 12.8 Å². The van der Waals surface area contributed by atoms with Crippen molar-refractivity contribution in [3.63, 3.8) is 0 Å². The highest BCUT2D eigenvalue weighted by Gasteiger charge is 2.23. The lowest BCUT2D eigenvalue weighted by Gasteiger charge is -2.06. The summed E-state index contributed by atoms with van der Waals surface area (Å²) < 4.78 is 5.26. The molecule has 0 aliphatic heterocycles. The topological polar surface area (TPSA) is 90.2 Å². The maximum atomic E-state index is 10.9. The highest BCUT2D eigenvalue weighted by molar-refractivity contribution is 5.60. The van der Waals surface area contributed by atoms with E-state index in [9.17, 15) is 10.1 Å². The van der Waals surface area contributed by atoms with E-state index < -0.39 is 4.92 Å². The van der Waals surface area contributed by atoms with E-state index in [1.54, 1.807) is 13.1 Å². The molecular weight excluding hydrogens is 224 g/mol. The second-order valence-corrected chi connectivity index (χ2v) is 3.16. The van der Waals surface area contributed by atoms with E-state index in [0.717, 1.165) is 12.8 Å². The Balaban J connectivity index is 2.83. The Labute approximate surface area is 98.7 Å².